The van der Waals surface area contributed by atoms with Crippen molar-refractivity contribution in [1.82, 2.24) is 14.3 Å². The van der Waals surface area contributed by atoms with Gasteiger partial charge in [0, 0.05) is 37.5 Å². The first-order valence-corrected chi connectivity index (χ1v) is 11.7. The molecule has 28 heavy (non-hydrogen) atoms. The molecule has 0 N–H and O–H groups in total. The van der Waals surface area contributed by atoms with Gasteiger partial charge in [-0.25, -0.2) is 18.4 Å². The molecule has 0 spiro atoms. The van der Waals surface area contributed by atoms with Crippen LogP contribution in [0.2, 0.25) is 0 Å². The van der Waals surface area contributed by atoms with Gasteiger partial charge >= 0.3 is 0 Å². The van der Waals surface area contributed by atoms with Gasteiger partial charge in [-0.15, -0.1) is 11.3 Å². The van der Waals surface area contributed by atoms with Crippen LogP contribution >= 0.6 is 11.3 Å². The molecule has 3 aromatic rings. The van der Waals surface area contributed by atoms with Crippen molar-refractivity contribution >= 4 is 37.4 Å². The third-order valence-corrected chi connectivity index (χ3v) is 8.31. The van der Waals surface area contributed by atoms with E-state index in [0.29, 0.717) is 31.1 Å². The Labute approximate surface area is 169 Å². The fourth-order valence-corrected chi connectivity index (χ4v) is 6.03. The average molecular weight is 417 g/mol. The molecule has 0 unspecified atom stereocenters. The Kier molecular flexibility index (Phi) is 5.11. The van der Waals surface area contributed by atoms with Crippen LogP contribution in [0.1, 0.15) is 23.2 Å². The van der Waals surface area contributed by atoms with Gasteiger partial charge in [-0.3, -0.25) is 0 Å². The maximum absolute atomic E-state index is 12.9. The summed E-state index contributed by atoms with van der Waals surface area (Å²) in [6.45, 7) is 8.43. The number of piperazine rings is 1. The van der Waals surface area contributed by atoms with Crippen molar-refractivity contribution in [2.45, 2.75) is 32.1 Å². The molecule has 148 valence electrons. The molecule has 0 aliphatic carbocycles. The minimum absolute atomic E-state index is 0.352. The molecule has 8 heteroatoms. The molecule has 0 amide bonds. The minimum Gasteiger partial charge on any atom is -0.353 e. The number of nitrogens with zero attached hydrogens (tertiary/aromatic N) is 4. The van der Waals surface area contributed by atoms with Crippen LogP contribution in [0, 0.1) is 13.8 Å². The number of thiophene rings is 1. The maximum atomic E-state index is 12.9. The number of fused-ring (bicyclic) bond motifs is 1. The Balaban J connectivity index is 1.62. The van der Waals surface area contributed by atoms with Gasteiger partial charge in [0.1, 0.15) is 16.5 Å². The smallest absolute Gasteiger partial charge is 0.243 e. The monoisotopic (exact) mass is 416 g/mol. The van der Waals surface area contributed by atoms with Crippen molar-refractivity contribution in [2.24, 2.45) is 0 Å². The minimum atomic E-state index is -3.45. The first kappa shape index (κ1) is 19.3. The maximum Gasteiger partial charge on any atom is 0.243 e. The highest BCUT2D eigenvalue weighted by Crippen LogP contribution is 2.35. The fourth-order valence-electron chi connectivity index (χ4n) is 3.54. The molecule has 1 aliphatic heterocycles. The summed E-state index contributed by atoms with van der Waals surface area (Å²) in [6.07, 6.45) is 0.779. The predicted octanol–water partition coefficient (Wildman–Crippen LogP) is 3.38. The molecule has 0 atom stereocenters. The highest BCUT2D eigenvalue weighted by molar-refractivity contribution is 7.89. The van der Waals surface area contributed by atoms with Gasteiger partial charge in [-0.05, 0) is 31.5 Å². The zero-order valence-corrected chi connectivity index (χ0v) is 18.0. The molecule has 1 aromatic carbocycles. The van der Waals surface area contributed by atoms with Crippen LogP contribution in [0.3, 0.4) is 0 Å². The van der Waals surface area contributed by atoms with Crippen molar-refractivity contribution in [2.75, 3.05) is 31.1 Å². The number of hydrogen-bond acceptors (Lipinski definition) is 6. The lowest BCUT2D eigenvalue weighted by Crippen LogP contribution is -2.49. The lowest BCUT2D eigenvalue weighted by atomic mass is 10.2. The Hall–Kier alpha value is -2.03. The second kappa shape index (κ2) is 7.42. The van der Waals surface area contributed by atoms with E-state index in [4.69, 9.17) is 9.97 Å². The summed E-state index contributed by atoms with van der Waals surface area (Å²) in [5.41, 5.74) is 1.22. The summed E-state index contributed by atoms with van der Waals surface area (Å²) in [4.78, 5) is 14.4. The van der Waals surface area contributed by atoms with Crippen LogP contribution in [0.25, 0.3) is 10.2 Å². The zero-order valence-electron chi connectivity index (χ0n) is 16.3. The van der Waals surface area contributed by atoms with E-state index in [1.807, 2.05) is 6.07 Å². The molecule has 4 rings (SSSR count). The second-order valence-corrected chi connectivity index (χ2v) is 10.1. The van der Waals surface area contributed by atoms with Gasteiger partial charge in [-0.1, -0.05) is 25.1 Å². The Bertz CT molecular complexity index is 1100. The number of benzene rings is 1. The number of hydrogen-bond donors (Lipinski definition) is 0. The zero-order chi connectivity index (χ0) is 19.9. The molecular formula is C20H24N4O2S2. The molecule has 0 bridgehead atoms. The number of rotatable bonds is 4. The highest BCUT2D eigenvalue weighted by Gasteiger charge is 2.30. The van der Waals surface area contributed by atoms with Crippen LogP contribution < -0.4 is 4.90 Å². The molecule has 1 fully saturated rings. The van der Waals surface area contributed by atoms with Gasteiger partial charge in [0.05, 0.1) is 10.3 Å². The highest BCUT2D eigenvalue weighted by atomic mass is 32.2. The van der Waals surface area contributed by atoms with Crippen molar-refractivity contribution in [1.29, 1.82) is 0 Å². The molecular weight excluding hydrogens is 392 g/mol. The second-order valence-electron chi connectivity index (χ2n) is 6.98. The summed E-state index contributed by atoms with van der Waals surface area (Å²) in [5, 5.41) is 1.11. The molecule has 0 radical (unpaired) electrons. The molecule has 6 nitrogen and oxygen atoms in total. The SMILES string of the molecule is CCc1nc(N2CCN(S(=O)(=O)c3ccccc3)CC2)c2c(C)c(C)sc2n1. The van der Waals surface area contributed by atoms with E-state index < -0.39 is 10.0 Å². The lowest BCUT2D eigenvalue weighted by molar-refractivity contribution is 0.384. The predicted molar refractivity (Wildman–Crippen MR) is 114 cm³/mol. The standard InChI is InChI=1S/C20H24N4O2S2/c1-4-17-21-19(18-14(2)15(3)27-20(18)22-17)23-10-12-24(13-11-23)28(25,26)16-8-6-5-7-9-16/h5-9H,4,10-13H2,1-3H3. The van der Waals surface area contributed by atoms with Gasteiger partial charge < -0.3 is 4.90 Å². The van der Waals surface area contributed by atoms with Crippen LogP contribution in [0.4, 0.5) is 5.82 Å². The topological polar surface area (TPSA) is 66.4 Å². The number of sulfonamides is 1. The van der Waals surface area contributed by atoms with E-state index in [2.05, 4.69) is 25.7 Å². The van der Waals surface area contributed by atoms with E-state index in [1.54, 1.807) is 39.9 Å². The van der Waals surface area contributed by atoms with E-state index in [-0.39, 0.29) is 0 Å². The number of aryl methyl sites for hydroxylation is 3. The Morgan fingerprint density at radius 3 is 2.36 bits per heavy atom. The first-order valence-electron chi connectivity index (χ1n) is 9.48. The molecule has 3 heterocycles. The third-order valence-electron chi connectivity index (χ3n) is 5.29. The summed E-state index contributed by atoms with van der Waals surface area (Å²) in [5.74, 6) is 1.78. The van der Waals surface area contributed by atoms with Gasteiger partial charge in [0.2, 0.25) is 10.0 Å². The normalized spacial score (nSPS) is 16.0. The lowest BCUT2D eigenvalue weighted by Gasteiger charge is -2.35. The van der Waals surface area contributed by atoms with E-state index in [9.17, 15) is 8.42 Å². The molecule has 2 aromatic heterocycles. The molecule has 1 aliphatic rings. The van der Waals surface area contributed by atoms with Crippen molar-refractivity contribution < 1.29 is 8.42 Å². The first-order chi connectivity index (χ1) is 13.4. The van der Waals surface area contributed by atoms with Crippen LogP contribution in [-0.4, -0.2) is 48.9 Å². The van der Waals surface area contributed by atoms with Crippen LogP contribution in [0.5, 0.6) is 0 Å². The molecule has 1 saturated heterocycles. The van der Waals surface area contributed by atoms with Gasteiger partial charge in [-0.2, -0.15) is 4.31 Å². The fraction of sp³-hybridized carbons (Fsp3) is 0.400. The van der Waals surface area contributed by atoms with Gasteiger partial charge in [0.25, 0.3) is 0 Å². The van der Waals surface area contributed by atoms with Crippen molar-refractivity contribution in [3.8, 4) is 0 Å². The van der Waals surface area contributed by atoms with E-state index in [1.165, 1.54) is 10.4 Å². The van der Waals surface area contributed by atoms with E-state index in [0.717, 1.165) is 28.3 Å². The quantitative estimate of drug-likeness (QED) is 0.652. The van der Waals surface area contributed by atoms with E-state index >= 15 is 0 Å². The average Bonchev–Trinajstić information content (AvgIpc) is 3.01. The van der Waals surface area contributed by atoms with Crippen LogP contribution in [-0.2, 0) is 16.4 Å². The summed E-state index contributed by atoms with van der Waals surface area (Å²) >= 11 is 1.70. The summed E-state index contributed by atoms with van der Waals surface area (Å²) in [6, 6.07) is 8.65. The van der Waals surface area contributed by atoms with Crippen molar-refractivity contribution in [3.05, 3.63) is 46.6 Å². The number of aromatic nitrogens is 2. The largest absolute Gasteiger partial charge is 0.353 e. The Morgan fingerprint density at radius 2 is 1.71 bits per heavy atom. The third kappa shape index (κ3) is 3.29. The molecule has 0 saturated carbocycles. The number of anilines is 1. The summed E-state index contributed by atoms with van der Waals surface area (Å²) < 4.78 is 27.3. The Morgan fingerprint density at radius 1 is 1.04 bits per heavy atom. The van der Waals surface area contributed by atoms with Crippen molar-refractivity contribution in [3.63, 3.8) is 0 Å². The van der Waals surface area contributed by atoms with Gasteiger partial charge in [0.15, 0.2) is 0 Å². The summed E-state index contributed by atoms with van der Waals surface area (Å²) in [7, 11) is -3.45. The van der Waals surface area contributed by atoms with Crippen LogP contribution in [0.15, 0.2) is 35.2 Å².